The fourth-order valence-corrected chi connectivity index (χ4v) is 3.07. The summed E-state index contributed by atoms with van der Waals surface area (Å²) in [5.74, 6) is -0.406. The Kier molecular flexibility index (Phi) is 10.4. The van der Waals surface area contributed by atoms with E-state index >= 15 is 0 Å². The zero-order chi connectivity index (χ0) is 19.4. The van der Waals surface area contributed by atoms with Gasteiger partial charge in [0.05, 0.1) is 12.6 Å². The van der Waals surface area contributed by atoms with Crippen LogP contribution in [0, 0.1) is 5.92 Å². The van der Waals surface area contributed by atoms with E-state index in [0.29, 0.717) is 6.42 Å². The van der Waals surface area contributed by atoms with Crippen LogP contribution in [0.5, 0.6) is 0 Å². The van der Waals surface area contributed by atoms with Crippen LogP contribution in [0.1, 0.15) is 70.9 Å². The monoisotopic (exact) mass is 359 g/mol. The molecule has 0 heterocycles. The minimum Gasteiger partial charge on any atom is -0.449 e. The number of ether oxygens (including phenoxy) is 1. The molecule has 0 radical (unpaired) electrons. The van der Waals surface area contributed by atoms with E-state index in [0.717, 1.165) is 37.7 Å². The normalized spacial score (nSPS) is 12.9. The van der Waals surface area contributed by atoms with Gasteiger partial charge in [0, 0.05) is 5.92 Å². The molecule has 1 aromatic carbocycles. The summed E-state index contributed by atoms with van der Waals surface area (Å²) >= 11 is 0. The van der Waals surface area contributed by atoms with Gasteiger partial charge in [-0.05, 0) is 32.3 Å². The lowest BCUT2D eigenvalue weighted by Crippen LogP contribution is -2.42. The van der Waals surface area contributed by atoms with Gasteiger partial charge in [-0.2, -0.15) is 0 Å². The van der Waals surface area contributed by atoms with Crippen molar-refractivity contribution in [3.63, 3.8) is 0 Å². The second-order valence-corrected chi connectivity index (χ2v) is 6.56. The van der Waals surface area contributed by atoms with Crippen molar-refractivity contribution in [3.8, 4) is 0 Å². The number of unbranched alkanes of at least 4 members (excludes halogenated alkanes) is 3. The Balaban J connectivity index is 2.99. The fraction of sp³-hybridized carbons (Fsp3) is 0.545. The average molecular weight is 360 g/mol. The van der Waals surface area contributed by atoms with E-state index in [1.807, 2.05) is 37.3 Å². The van der Waals surface area contributed by atoms with Gasteiger partial charge in [-0.25, -0.2) is 9.69 Å². The number of nitrogens with zero attached hydrogens (tertiary/aromatic N) is 1. The molecule has 1 unspecified atom stereocenters. The van der Waals surface area contributed by atoms with E-state index in [4.69, 9.17) is 4.74 Å². The van der Waals surface area contributed by atoms with Gasteiger partial charge >= 0.3 is 6.09 Å². The van der Waals surface area contributed by atoms with Gasteiger partial charge in [-0.15, -0.1) is 6.58 Å². The maximum atomic E-state index is 13.2. The molecule has 0 fully saturated rings. The van der Waals surface area contributed by atoms with Crippen LogP contribution in [0.15, 0.2) is 43.0 Å². The van der Waals surface area contributed by atoms with Crippen molar-refractivity contribution in [3.05, 3.63) is 48.6 Å². The molecule has 26 heavy (non-hydrogen) atoms. The zero-order valence-electron chi connectivity index (χ0n) is 16.4. The molecule has 0 aliphatic heterocycles. The van der Waals surface area contributed by atoms with Gasteiger partial charge < -0.3 is 4.74 Å². The standard InChI is InChI=1S/C22H33NO3/c1-5-8-9-11-17-20(14-6-2)21(24)23(22(25)26-7-3)18(4)19-15-12-10-13-16-19/h6,10,12-13,15-16,18,20H,2,5,7-9,11,14,17H2,1,3-4H3/t18-,20?/m1/s1. The summed E-state index contributed by atoms with van der Waals surface area (Å²) in [6.45, 7) is 9.81. The molecule has 1 rings (SSSR count). The highest BCUT2D eigenvalue weighted by Crippen LogP contribution is 2.26. The predicted molar refractivity (Wildman–Crippen MR) is 106 cm³/mol. The van der Waals surface area contributed by atoms with Gasteiger partial charge in [0.15, 0.2) is 0 Å². The first-order chi connectivity index (χ1) is 12.6. The third kappa shape index (κ3) is 6.66. The first-order valence-electron chi connectivity index (χ1n) is 9.72. The van der Waals surface area contributed by atoms with Gasteiger partial charge in [-0.1, -0.05) is 69.0 Å². The Bertz CT molecular complexity index is 556. The molecule has 4 nitrogen and oxygen atoms in total. The lowest BCUT2D eigenvalue weighted by atomic mass is 9.94. The van der Waals surface area contributed by atoms with Crippen LogP contribution in [0.3, 0.4) is 0 Å². The predicted octanol–water partition coefficient (Wildman–Crippen LogP) is 5.90. The van der Waals surface area contributed by atoms with Crippen molar-refractivity contribution in [2.45, 2.75) is 65.3 Å². The highest BCUT2D eigenvalue weighted by molar-refractivity contribution is 5.93. The lowest BCUT2D eigenvalue weighted by Gasteiger charge is -2.30. The van der Waals surface area contributed by atoms with E-state index < -0.39 is 6.09 Å². The number of hydrogen-bond donors (Lipinski definition) is 0. The van der Waals surface area contributed by atoms with E-state index in [1.54, 1.807) is 13.0 Å². The molecule has 0 spiro atoms. The molecule has 0 aliphatic rings. The van der Waals surface area contributed by atoms with Crippen molar-refractivity contribution in [2.75, 3.05) is 6.61 Å². The molecule has 0 bridgehead atoms. The number of amides is 2. The first kappa shape index (κ1) is 21.9. The molecule has 0 N–H and O–H groups in total. The van der Waals surface area contributed by atoms with Crippen molar-refractivity contribution < 1.29 is 14.3 Å². The van der Waals surface area contributed by atoms with Gasteiger partial charge in [0.25, 0.3) is 0 Å². The van der Waals surface area contributed by atoms with E-state index in [9.17, 15) is 9.59 Å². The van der Waals surface area contributed by atoms with Crippen molar-refractivity contribution in [1.82, 2.24) is 4.90 Å². The Morgan fingerprint density at radius 3 is 2.42 bits per heavy atom. The molecule has 4 heteroatoms. The number of carbonyl (C=O) groups is 2. The van der Waals surface area contributed by atoms with Crippen LogP contribution in [0.2, 0.25) is 0 Å². The second-order valence-electron chi connectivity index (χ2n) is 6.56. The minimum atomic E-state index is -0.573. The molecule has 2 atom stereocenters. The molecule has 0 aromatic heterocycles. The van der Waals surface area contributed by atoms with Crippen LogP contribution in [0.4, 0.5) is 4.79 Å². The van der Waals surface area contributed by atoms with Crippen molar-refractivity contribution >= 4 is 12.0 Å². The van der Waals surface area contributed by atoms with E-state index in [1.165, 1.54) is 4.90 Å². The molecular formula is C22H33NO3. The third-order valence-electron chi connectivity index (χ3n) is 4.58. The van der Waals surface area contributed by atoms with Crippen LogP contribution in [-0.4, -0.2) is 23.5 Å². The van der Waals surface area contributed by atoms with Crippen LogP contribution in [0.25, 0.3) is 0 Å². The molecule has 1 aromatic rings. The number of imide groups is 1. The summed E-state index contributed by atoms with van der Waals surface area (Å²) in [6.07, 6.45) is 6.93. The molecular weight excluding hydrogens is 326 g/mol. The summed E-state index contributed by atoms with van der Waals surface area (Å²) in [4.78, 5) is 27.0. The maximum Gasteiger partial charge on any atom is 0.417 e. The van der Waals surface area contributed by atoms with E-state index in [-0.39, 0.29) is 24.5 Å². The third-order valence-corrected chi connectivity index (χ3v) is 4.58. The largest absolute Gasteiger partial charge is 0.449 e. The highest BCUT2D eigenvalue weighted by atomic mass is 16.6. The Morgan fingerprint density at radius 2 is 1.85 bits per heavy atom. The Hall–Kier alpha value is -2.10. The summed E-state index contributed by atoms with van der Waals surface area (Å²) in [6, 6.07) is 9.21. The number of rotatable bonds is 11. The second kappa shape index (κ2) is 12.3. The summed E-state index contributed by atoms with van der Waals surface area (Å²) in [5.41, 5.74) is 0.914. The smallest absolute Gasteiger partial charge is 0.417 e. The molecule has 2 amide bonds. The highest BCUT2D eigenvalue weighted by Gasteiger charge is 2.33. The van der Waals surface area contributed by atoms with Gasteiger partial charge in [0.1, 0.15) is 0 Å². The van der Waals surface area contributed by atoms with E-state index in [2.05, 4.69) is 13.5 Å². The van der Waals surface area contributed by atoms with Crippen molar-refractivity contribution in [1.29, 1.82) is 0 Å². The number of hydrogen-bond acceptors (Lipinski definition) is 3. The number of carbonyl (C=O) groups excluding carboxylic acids is 2. The lowest BCUT2D eigenvalue weighted by molar-refractivity contribution is -0.135. The SMILES string of the molecule is C=CCC(CCCCCC)C(=O)N(C(=O)OCC)[C@H](C)c1ccccc1. The Morgan fingerprint density at radius 1 is 1.15 bits per heavy atom. The number of benzene rings is 1. The Labute approximate surface area is 158 Å². The first-order valence-corrected chi connectivity index (χ1v) is 9.72. The van der Waals surface area contributed by atoms with Gasteiger partial charge in [-0.3, -0.25) is 4.79 Å². The fourth-order valence-electron chi connectivity index (χ4n) is 3.07. The minimum absolute atomic E-state index is 0.170. The molecule has 144 valence electrons. The number of allylic oxidation sites excluding steroid dienone is 1. The quantitative estimate of drug-likeness (QED) is 0.365. The molecule has 0 saturated carbocycles. The average Bonchev–Trinajstić information content (AvgIpc) is 2.65. The molecule has 0 saturated heterocycles. The summed E-state index contributed by atoms with van der Waals surface area (Å²) < 4.78 is 5.18. The van der Waals surface area contributed by atoms with Crippen molar-refractivity contribution in [2.24, 2.45) is 5.92 Å². The van der Waals surface area contributed by atoms with Crippen LogP contribution in [-0.2, 0) is 9.53 Å². The summed E-state index contributed by atoms with van der Waals surface area (Å²) in [7, 11) is 0. The topological polar surface area (TPSA) is 46.6 Å². The molecule has 0 aliphatic carbocycles. The zero-order valence-corrected chi connectivity index (χ0v) is 16.4. The summed E-state index contributed by atoms with van der Waals surface area (Å²) in [5, 5.41) is 0. The van der Waals surface area contributed by atoms with Crippen LogP contribution >= 0.6 is 0 Å². The maximum absolute atomic E-state index is 13.2. The van der Waals surface area contributed by atoms with Gasteiger partial charge in [0.2, 0.25) is 5.91 Å². The van der Waals surface area contributed by atoms with Crippen LogP contribution < -0.4 is 0 Å².